The number of nitrogens with two attached hydrogens (primary N) is 1. The molecule has 1 atom stereocenters. The van der Waals surface area contributed by atoms with Crippen LogP contribution in [0.2, 0.25) is 0 Å². The van der Waals surface area contributed by atoms with E-state index in [0.29, 0.717) is 6.54 Å². The number of rotatable bonds is 4. The molecule has 1 unspecified atom stereocenters. The van der Waals surface area contributed by atoms with Gasteiger partial charge in [0.1, 0.15) is 5.75 Å². The molecule has 0 fully saturated rings. The zero-order valence-corrected chi connectivity index (χ0v) is 8.92. The van der Waals surface area contributed by atoms with Crippen molar-refractivity contribution in [2.24, 2.45) is 5.73 Å². The largest absolute Gasteiger partial charge is 0.573 e. The lowest BCUT2D eigenvalue weighted by Crippen LogP contribution is -2.17. The first-order valence-corrected chi connectivity index (χ1v) is 5.02. The van der Waals surface area contributed by atoms with Gasteiger partial charge in [0.15, 0.2) is 0 Å². The van der Waals surface area contributed by atoms with Crippen molar-refractivity contribution in [3.8, 4) is 5.75 Å². The standard InChI is InChI=1S/C11H14F3NO/c1-2-8(7-15)9-3-5-10(6-4-9)16-11(12,13)14/h3-6,8H,2,7,15H2,1H3. The smallest absolute Gasteiger partial charge is 0.406 e. The second-order valence-electron chi connectivity index (χ2n) is 3.46. The van der Waals surface area contributed by atoms with E-state index in [4.69, 9.17) is 5.73 Å². The predicted octanol–water partition coefficient (Wildman–Crippen LogP) is 3.04. The lowest BCUT2D eigenvalue weighted by atomic mass is 9.97. The van der Waals surface area contributed by atoms with E-state index in [1.807, 2.05) is 6.92 Å². The number of ether oxygens (including phenoxy) is 1. The quantitative estimate of drug-likeness (QED) is 0.867. The van der Waals surface area contributed by atoms with Gasteiger partial charge >= 0.3 is 6.36 Å². The molecular formula is C11H14F3NO. The van der Waals surface area contributed by atoms with Crippen LogP contribution in [0.15, 0.2) is 24.3 Å². The van der Waals surface area contributed by atoms with E-state index in [2.05, 4.69) is 4.74 Å². The molecule has 0 saturated heterocycles. The molecule has 2 nitrogen and oxygen atoms in total. The topological polar surface area (TPSA) is 35.2 Å². The van der Waals surface area contributed by atoms with E-state index in [9.17, 15) is 13.2 Å². The molecule has 1 aromatic rings. The molecule has 0 aromatic heterocycles. The Morgan fingerprint density at radius 3 is 2.19 bits per heavy atom. The lowest BCUT2D eigenvalue weighted by Gasteiger charge is -2.14. The van der Waals surface area contributed by atoms with E-state index in [1.165, 1.54) is 12.1 Å². The van der Waals surface area contributed by atoms with Crippen molar-refractivity contribution >= 4 is 0 Å². The molecule has 1 aromatic carbocycles. The molecule has 1 rings (SSSR count). The van der Waals surface area contributed by atoms with Gasteiger partial charge in [-0.2, -0.15) is 0 Å². The molecule has 0 radical (unpaired) electrons. The minimum absolute atomic E-state index is 0.180. The van der Waals surface area contributed by atoms with Crippen molar-refractivity contribution in [1.82, 2.24) is 0 Å². The minimum Gasteiger partial charge on any atom is -0.406 e. The van der Waals surface area contributed by atoms with Crippen LogP contribution < -0.4 is 10.5 Å². The highest BCUT2D eigenvalue weighted by Crippen LogP contribution is 2.25. The van der Waals surface area contributed by atoms with Gasteiger partial charge in [0, 0.05) is 0 Å². The molecule has 0 amide bonds. The van der Waals surface area contributed by atoms with Gasteiger partial charge in [0.25, 0.3) is 0 Å². The zero-order chi connectivity index (χ0) is 12.2. The number of hydrogen-bond acceptors (Lipinski definition) is 2. The van der Waals surface area contributed by atoms with Crippen LogP contribution in [0.3, 0.4) is 0 Å². The molecule has 0 aliphatic carbocycles. The maximum absolute atomic E-state index is 11.9. The number of hydrogen-bond donors (Lipinski definition) is 1. The Balaban J connectivity index is 2.75. The normalized spacial score (nSPS) is 13.6. The average molecular weight is 233 g/mol. The fourth-order valence-electron chi connectivity index (χ4n) is 1.48. The summed E-state index contributed by atoms with van der Waals surface area (Å²) in [6.45, 7) is 2.47. The number of alkyl halides is 3. The Morgan fingerprint density at radius 2 is 1.81 bits per heavy atom. The van der Waals surface area contributed by atoms with E-state index in [-0.39, 0.29) is 11.7 Å². The third kappa shape index (κ3) is 3.73. The molecule has 0 saturated carbocycles. The van der Waals surface area contributed by atoms with E-state index in [1.54, 1.807) is 12.1 Å². The van der Waals surface area contributed by atoms with Crippen molar-refractivity contribution in [3.63, 3.8) is 0 Å². The first kappa shape index (κ1) is 12.8. The van der Waals surface area contributed by atoms with Crippen molar-refractivity contribution in [1.29, 1.82) is 0 Å². The Kier molecular flexibility index (Phi) is 4.18. The summed E-state index contributed by atoms with van der Waals surface area (Å²) in [5.74, 6) is -0.0249. The Hall–Kier alpha value is -1.23. The highest BCUT2D eigenvalue weighted by atomic mass is 19.4. The third-order valence-electron chi connectivity index (χ3n) is 2.36. The van der Waals surface area contributed by atoms with Crippen LogP contribution in [0.5, 0.6) is 5.75 Å². The van der Waals surface area contributed by atoms with Crippen LogP contribution >= 0.6 is 0 Å². The summed E-state index contributed by atoms with van der Waals surface area (Å²) >= 11 is 0. The molecule has 2 N–H and O–H groups in total. The fourth-order valence-corrected chi connectivity index (χ4v) is 1.48. The Bertz CT molecular complexity index is 317. The molecular weight excluding hydrogens is 219 g/mol. The van der Waals surface area contributed by atoms with Crippen molar-refractivity contribution in [2.75, 3.05) is 6.54 Å². The maximum Gasteiger partial charge on any atom is 0.573 e. The average Bonchev–Trinajstić information content (AvgIpc) is 2.20. The molecule has 0 spiro atoms. The lowest BCUT2D eigenvalue weighted by molar-refractivity contribution is -0.274. The van der Waals surface area contributed by atoms with Gasteiger partial charge < -0.3 is 10.5 Å². The van der Waals surface area contributed by atoms with Crippen LogP contribution in [0.25, 0.3) is 0 Å². The van der Waals surface area contributed by atoms with E-state index >= 15 is 0 Å². The Morgan fingerprint density at radius 1 is 1.25 bits per heavy atom. The molecule has 0 aliphatic heterocycles. The monoisotopic (exact) mass is 233 g/mol. The summed E-state index contributed by atoms with van der Waals surface area (Å²) in [6, 6.07) is 5.84. The molecule has 90 valence electrons. The molecule has 0 heterocycles. The van der Waals surface area contributed by atoms with E-state index in [0.717, 1.165) is 12.0 Å². The highest BCUT2D eigenvalue weighted by Gasteiger charge is 2.30. The highest BCUT2D eigenvalue weighted by molar-refractivity contribution is 5.29. The summed E-state index contributed by atoms with van der Waals surface area (Å²) < 4.78 is 39.4. The van der Waals surface area contributed by atoms with Gasteiger partial charge in [-0.25, -0.2) is 0 Å². The summed E-state index contributed by atoms with van der Waals surface area (Å²) in [7, 11) is 0. The number of benzene rings is 1. The van der Waals surface area contributed by atoms with Crippen molar-refractivity contribution in [3.05, 3.63) is 29.8 Å². The second-order valence-corrected chi connectivity index (χ2v) is 3.46. The van der Waals surface area contributed by atoms with Gasteiger partial charge in [-0.1, -0.05) is 19.1 Å². The summed E-state index contributed by atoms with van der Waals surface area (Å²) in [6.07, 6.45) is -3.78. The van der Waals surface area contributed by atoms with Gasteiger partial charge in [0.05, 0.1) is 0 Å². The summed E-state index contributed by atoms with van der Waals surface area (Å²) in [4.78, 5) is 0. The van der Waals surface area contributed by atoms with Crippen LogP contribution in [0, 0.1) is 0 Å². The van der Waals surface area contributed by atoms with Crippen molar-refractivity contribution < 1.29 is 17.9 Å². The molecule has 5 heteroatoms. The Labute approximate surface area is 92.2 Å². The fraction of sp³-hybridized carbons (Fsp3) is 0.455. The second kappa shape index (κ2) is 5.21. The first-order chi connectivity index (χ1) is 7.46. The third-order valence-corrected chi connectivity index (χ3v) is 2.36. The van der Waals surface area contributed by atoms with E-state index < -0.39 is 6.36 Å². The van der Waals surface area contributed by atoms with Gasteiger partial charge in [-0.05, 0) is 36.6 Å². The molecule has 16 heavy (non-hydrogen) atoms. The van der Waals surface area contributed by atoms with Gasteiger partial charge in [-0.3, -0.25) is 0 Å². The molecule has 0 aliphatic rings. The van der Waals surface area contributed by atoms with Crippen LogP contribution in [-0.4, -0.2) is 12.9 Å². The predicted molar refractivity (Wildman–Crippen MR) is 55.2 cm³/mol. The summed E-state index contributed by atoms with van der Waals surface area (Å²) in [5.41, 5.74) is 6.47. The minimum atomic E-state index is -4.64. The zero-order valence-electron chi connectivity index (χ0n) is 8.92. The SMILES string of the molecule is CCC(CN)c1ccc(OC(F)(F)F)cc1. The van der Waals surface area contributed by atoms with Crippen molar-refractivity contribution in [2.45, 2.75) is 25.6 Å². The maximum atomic E-state index is 11.9. The van der Waals surface area contributed by atoms with Gasteiger partial charge in [-0.15, -0.1) is 13.2 Å². The summed E-state index contributed by atoms with van der Waals surface area (Å²) in [5, 5.41) is 0. The van der Waals surface area contributed by atoms with Crippen LogP contribution in [0.1, 0.15) is 24.8 Å². The van der Waals surface area contributed by atoms with Gasteiger partial charge in [0.2, 0.25) is 0 Å². The van der Waals surface area contributed by atoms with Crippen LogP contribution in [0.4, 0.5) is 13.2 Å². The number of halogens is 3. The van der Waals surface area contributed by atoms with Crippen LogP contribution in [-0.2, 0) is 0 Å². The first-order valence-electron chi connectivity index (χ1n) is 5.02. The molecule has 0 bridgehead atoms.